The monoisotopic (exact) mass is 352 g/mol. The van der Waals surface area contributed by atoms with Gasteiger partial charge in [-0.3, -0.25) is 0 Å². The van der Waals surface area contributed by atoms with Gasteiger partial charge < -0.3 is 0 Å². The fourth-order valence-corrected chi connectivity index (χ4v) is 2.16. The Morgan fingerprint density at radius 1 is 0.692 bits per heavy atom. The minimum Gasteiger partial charge on any atom is -0.226 e. The fraction of sp³-hybridized carbons (Fsp3) is 0. The minimum absolute atomic E-state index is 0.536. The van der Waals surface area contributed by atoms with Crippen molar-refractivity contribution in [3.05, 3.63) is 91.2 Å². The standard InChI is InChI=1S/C18H4F4N4/c1-25-17(7-23)11-5-13(19)9(3-15(11)21)10-4-16(22)12(6-14(10)20)18(8-24)26-2/h3-6H/b10-9+,17-11?,18-12?. The first kappa shape index (κ1) is 18.2. The first-order chi connectivity index (χ1) is 12.4. The fourth-order valence-electron chi connectivity index (χ4n) is 2.16. The highest BCUT2D eigenvalue weighted by Gasteiger charge is 2.10. The van der Waals surface area contributed by atoms with Crippen LogP contribution in [0, 0.1) is 69.5 Å². The molecule has 0 saturated carbocycles. The Hall–Kier alpha value is -4.14. The van der Waals surface area contributed by atoms with E-state index in [0.29, 0.717) is 24.3 Å². The van der Waals surface area contributed by atoms with E-state index in [0.717, 1.165) is 0 Å². The van der Waals surface area contributed by atoms with E-state index < -0.39 is 55.5 Å². The topological polar surface area (TPSA) is 56.3 Å². The number of benzene rings is 2. The van der Waals surface area contributed by atoms with Crippen molar-refractivity contribution in [1.29, 1.82) is 10.5 Å². The molecule has 8 heteroatoms. The predicted octanol–water partition coefficient (Wildman–Crippen LogP) is 2.63. The highest BCUT2D eigenvalue weighted by Crippen LogP contribution is 2.09. The molecule has 0 aromatic heterocycles. The average Bonchev–Trinajstić information content (AvgIpc) is 2.62. The molecule has 4 nitrogen and oxygen atoms in total. The highest BCUT2D eigenvalue weighted by atomic mass is 19.1. The van der Waals surface area contributed by atoms with Crippen molar-refractivity contribution in [2.75, 3.05) is 0 Å². The molecule has 2 aromatic carbocycles. The molecule has 0 bridgehead atoms. The minimum atomic E-state index is -1.18. The molecule has 26 heavy (non-hydrogen) atoms. The second-order valence-electron chi connectivity index (χ2n) is 4.77. The van der Waals surface area contributed by atoms with Gasteiger partial charge in [0.2, 0.25) is 0 Å². The third kappa shape index (κ3) is 3.08. The zero-order valence-corrected chi connectivity index (χ0v) is 12.6. The van der Waals surface area contributed by atoms with Crippen LogP contribution in [0.4, 0.5) is 17.6 Å². The molecule has 0 unspecified atom stereocenters. The average molecular weight is 352 g/mol. The van der Waals surface area contributed by atoms with Crippen LogP contribution < -0.4 is 10.4 Å². The molecule has 124 valence electrons. The Balaban J connectivity index is 3.10. The molecule has 0 amide bonds. The lowest BCUT2D eigenvalue weighted by molar-refractivity contribution is 0.571. The van der Waals surface area contributed by atoms with Gasteiger partial charge >= 0.3 is 0 Å². The Bertz CT molecular complexity index is 1180. The summed E-state index contributed by atoms with van der Waals surface area (Å²) >= 11 is 0. The van der Waals surface area contributed by atoms with Gasteiger partial charge in [0.05, 0.1) is 25.3 Å². The molecule has 0 heterocycles. The number of rotatable bonds is 0. The van der Waals surface area contributed by atoms with Crippen LogP contribution in [0.1, 0.15) is 0 Å². The summed E-state index contributed by atoms with van der Waals surface area (Å²) in [6, 6.07) is 4.97. The van der Waals surface area contributed by atoms with Crippen LogP contribution in [0.15, 0.2) is 24.3 Å². The molecule has 0 atom stereocenters. The summed E-state index contributed by atoms with van der Waals surface area (Å²) < 4.78 is 56.7. The summed E-state index contributed by atoms with van der Waals surface area (Å²) in [6.45, 7) is 13.5. The van der Waals surface area contributed by atoms with Gasteiger partial charge in [-0.1, -0.05) is 0 Å². The van der Waals surface area contributed by atoms with Crippen molar-refractivity contribution in [3.63, 3.8) is 0 Å². The molecule has 0 saturated heterocycles. The van der Waals surface area contributed by atoms with Gasteiger partial charge in [-0.25, -0.2) is 37.8 Å². The number of nitrogens with zero attached hydrogens (tertiary/aromatic N) is 4. The van der Waals surface area contributed by atoms with Crippen molar-refractivity contribution in [2.45, 2.75) is 0 Å². The van der Waals surface area contributed by atoms with Crippen LogP contribution in [-0.2, 0) is 0 Å². The van der Waals surface area contributed by atoms with Crippen LogP contribution in [-0.4, -0.2) is 0 Å². The van der Waals surface area contributed by atoms with Crippen LogP contribution in [0.25, 0.3) is 21.1 Å². The molecule has 0 spiro atoms. The van der Waals surface area contributed by atoms with Crippen molar-refractivity contribution in [2.24, 2.45) is 0 Å². The van der Waals surface area contributed by atoms with E-state index in [1.807, 2.05) is 0 Å². The Kier molecular flexibility index (Phi) is 5.02. The maximum atomic E-state index is 14.3. The molecule has 2 rings (SSSR count). The molecular weight excluding hydrogens is 348 g/mol. The lowest BCUT2D eigenvalue weighted by atomic mass is 10.1. The molecule has 0 N–H and O–H groups in total. The van der Waals surface area contributed by atoms with Gasteiger partial charge in [-0.05, 0) is 24.3 Å². The zero-order valence-electron chi connectivity index (χ0n) is 12.6. The highest BCUT2D eigenvalue weighted by molar-refractivity contribution is 5.66. The second kappa shape index (κ2) is 7.18. The van der Waals surface area contributed by atoms with Gasteiger partial charge in [0.15, 0.2) is 0 Å². The number of halogens is 4. The van der Waals surface area contributed by atoms with E-state index in [-0.39, 0.29) is 0 Å². The van der Waals surface area contributed by atoms with Gasteiger partial charge in [0.1, 0.15) is 23.3 Å². The van der Waals surface area contributed by atoms with Crippen molar-refractivity contribution >= 4 is 11.4 Å². The van der Waals surface area contributed by atoms with Crippen LogP contribution in [0.5, 0.6) is 0 Å². The Morgan fingerprint density at radius 3 is 1.31 bits per heavy atom. The predicted molar refractivity (Wildman–Crippen MR) is 80.9 cm³/mol. The van der Waals surface area contributed by atoms with E-state index in [2.05, 4.69) is 9.69 Å². The van der Waals surface area contributed by atoms with E-state index >= 15 is 0 Å². The summed E-state index contributed by atoms with van der Waals surface area (Å²) in [5.74, 6) is -4.69. The number of hydrogen-bond acceptors (Lipinski definition) is 2. The molecule has 0 fully saturated rings. The Morgan fingerprint density at radius 2 is 1.04 bits per heavy atom. The van der Waals surface area contributed by atoms with Crippen molar-refractivity contribution in [3.8, 4) is 12.1 Å². The summed E-state index contributed by atoms with van der Waals surface area (Å²) in [7, 11) is 0. The lowest BCUT2D eigenvalue weighted by Crippen LogP contribution is -2.13. The molecule has 0 aliphatic heterocycles. The van der Waals surface area contributed by atoms with Crippen LogP contribution >= 0.6 is 0 Å². The molecule has 0 aliphatic rings. The smallest absolute Gasteiger partial charge is 0.226 e. The maximum Gasteiger partial charge on any atom is 0.271 e. The first-order valence-corrected chi connectivity index (χ1v) is 6.66. The maximum absolute atomic E-state index is 14.3. The van der Waals surface area contributed by atoms with Gasteiger partial charge in [-0.2, -0.15) is 0 Å². The summed E-state index contributed by atoms with van der Waals surface area (Å²) in [6.07, 6.45) is 0. The van der Waals surface area contributed by atoms with E-state index in [9.17, 15) is 17.6 Å². The normalized spacial score (nSPS) is 13.5. The van der Waals surface area contributed by atoms with E-state index in [1.165, 1.54) is 12.1 Å². The van der Waals surface area contributed by atoms with E-state index in [1.54, 1.807) is 0 Å². The zero-order chi connectivity index (χ0) is 19.4. The summed E-state index contributed by atoms with van der Waals surface area (Å²) in [5, 5.41) is 15.0. The van der Waals surface area contributed by atoms with Crippen molar-refractivity contribution < 1.29 is 17.6 Å². The second-order valence-corrected chi connectivity index (χ2v) is 4.77. The SMILES string of the molecule is [C-]#[N+]C(C#N)=c1cc(F)/c(=c2\cc(F)c(=C(C#N)[N+]#[C-])cc2F)cc1F. The third-order valence-electron chi connectivity index (χ3n) is 3.35. The van der Waals surface area contributed by atoms with Gasteiger partial charge in [0, 0.05) is 20.9 Å². The summed E-state index contributed by atoms with van der Waals surface area (Å²) in [5.41, 5.74) is -1.39. The quantitative estimate of drug-likeness (QED) is 0.541. The summed E-state index contributed by atoms with van der Waals surface area (Å²) in [4.78, 5) is 5.53. The van der Waals surface area contributed by atoms with Gasteiger partial charge in [0.25, 0.3) is 11.4 Å². The first-order valence-electron chi connectivity index (χ1n) is 6.66. The van der Waals surface area contributed by atoms with Gasteiger partial charge in [-0.15, -0.1) is 0 Å². The molecule has 0 radical (unpaired) electrons. The lowest BCUT2D eigenvalue weighted by Gasteiger charge is -1.99. The van der Waals surface area contributed by atoms with E-state index in [4.69, 9.17) is 23.7 Å². The molecular formula is C18H4F4N4. The third-order valence-corrected chi connectivity index (χ3v) is 3.35. The molecule has 0 aliphatic carbocycles. The van der Waals surface area contributed by atoms with Crippen LogP contribution in [0.2, 0.25) is 0 Å². The number of nitriles is 2. The van der Waals surface area contributed by atoms with Crippen LogP contribution in [0.3, 0.4) is 0 Å². The largest absolute Gasteiger partial charge is 0.271 e. The van der Waals surface area contributed by atoms with Crippen molar-refractivity contribution in [1.82, 2.24) is 0 Å². The molecule has 2 aromatic rings. The Labute approximate surface area is 143 Å². The number of hydrogen-bond donors (Lipinski definition) is 0.